The van der Waals surface area contributed by atoms with Crippen molar-refractivity contribution in [1.82, 2.24) is 19.6 Å². The number of hydrogen-bond donors (Lipinski definition) is 0. The molecule has 1 aliphatic heterocycles. The third kappa shape index (κ3) is 3.42. The molecule has 9 heteroatoms. The van der Waals surface area contributed by atoms with Crippen molar-refractivity contribution in [2.45, 2.75) is 25.7 Å². The third-order valence-electron chi connectivity index (χ3n) is 4.50. The zero-order valence-electron chi connectivity index (χ0n) is 14.5. The predicted molar refractivity (Wildman–Crippen MR) is 89.8 cm³/mol. The molecule has 2 aromatic heterocycles. The van der Waals surface area contributed by atoms with E-state index in [1.165, 1.54) is 4.68 Å². The van der Waals surface area contributed by atoms with Gasteiger partial charge in [0.2, 0.25) is 0 Å². The minimum absolute atomic E-state index is 0.367. The Bertz CT molecular complexity index is 945. The summed E-state index contributed by atoms with van der Waals surface area (Å²) in [6, 6.07) is 7.55. The second-order valence-corrected chi connectivity index (χ2v) is 6.23. The molecular formula is C18H17F3N4O2. The van der Waals surface area contributed by atoms with Gasteiger partial charge in [-0.3, -0.25) is 4.68 Å². The van der Waals surface area contributed by atoms with Crippen LogP contribution in [0.4, 0.5) is 13.2 Å². The first-order valence-corrected chi connectivity index (χ1v) is 8.37. The molecule has 3 heterocycles. The summed E-state index contributed by atoms with van der Waals surface area (Å²) in [5.74, 6) is 1.17. The number of nitrogens with zero attached hydrogens (tertiary/aromatic N) is 4. The summed E-state index contributed by atoms with van der Waals surface area (Å²) >= 11 is 0. The highest BCUT2D eigenvalue weighted by Crippen LogP contribution is 2.30. The van der Waals surface area contributed by atoms with Crippen LogP contribution in [0.15, 0.2) is 36.7 Å². The molecule has 0 atom stereocenters. The van der Waals surface area contributed by atoms with E-state index in [-0.39, 0.29) is 0 Å². The van der Waals surface area contributed by atoms with E-state index in [1.807, 2.05) is 24.3 Å². The van der Waals surface area contributed by atoms with Crippen molar-refractivity contribution in [2.24, 2.45) is 0 Å². The monoisotopic (exact) mass is 378 g/mol. The lowest BCUT2D eigenvalue weighted by Gasteiger charge is -2.15. The number of rotatable bonds is 4. The fraction of sp³-hybridized carbons (Fsp3) is 0.333. The Balaban J connectivity index is 1.70. The van der Waals surface area contributed by atoms with E-state index < -0.39 is 11.7 Å². The SMILES string of the molecule is COc1ccc(Cn2nc(-n3cc(C(F)(F)F)cn3)c3c2COCC3)cc1. The lowest BCUT2D eigenvalue weighted by molar-refractivity contribution is -0.137. The van der Waals surface area contributed by atoms with Gasteiger partial charge in [-0.05, 0) is 17.7 Å². The van der Waals surface area contributed by atoms with Crippen LogP contribution in [0.3, 0.4) is 0 Å². The summed E-state index contributed by atoms with van der Waals surface area (Å²) in [6.07, 6.45) is -2.08. The Morgan fingerprint density at radius 2 is 2.00 bits per heavy atom. The summed E-state index contributed by atoms with van der Waals surface area (Å²) < 4.78 is 52.3. The van der Waals surface area contributed by atoms with Crippen molar-refractivity contribution in [3.8, 4) is 11.6 Å². The average Bonchev–Trinajstić information content (AvgIpc) is 3.28. The number of benzene rings is 1. The molecule has 0 saturated carbocycles. The number of ether oxygens (including phenoxy) is 2. The molecule has 0 aliphatic carbocycles. The van der Waals surface area contributed by atoms with E-state index in [0.717, 1.165) is 35.0 Å². The van der Waals surface area contributed by atoms with Gasteiger partial charge in [0.15, 0.2) is 5.82 Å². The molecule has 0 bridgehead atoms. The van der Waals surface area contributed by atoms with E-state index in [9.17, 15) is 13.2 Å². The summed E-state index contributed by atoms with van der Waals surface area (Å²) in [7, 11) is 1.60. The van der Waals surface area contributed by atoms with Crippen LogP contribution >= 0.6 is 0 Å². The topological polar surface area (TPSA) is 54.1 Å². The van der Waals surface area contributed by atoms with Crippen LogP contribution in [0, 0.1) is 0 Å². The van der Waals surface area contributed by atoms with Crippen LogP contribution in [-0.2, 0) is 30.5 Å². The van der Waals surface area contributed by atoms with Crippen LogP contribution in [-0.4, -0.2) is 33.3 Å². The normalized spacial score (nSPS) is 14.2. The van der Waals surface area contributed by atoms with Gasteiger partial charge in [-0.2, -0.15) is 23.4 Å². The molecule has 142 valence electrons. The number of fused-ring (bicyclic) bond motifs is 1. The molecule has 3 aromatic rings. The zero-order valence-corrected chi connectivity index (χ0v) is 14.5. The molecule has 4 rings (SSSR count). The number of halogens is 3. The van der Waals surface area contributed by atoms with Gasteiger partial charge in [0.1, 0.15) is 5.75 Å². The van der Waals surface area contributed by atoms with Crippen LogP contribution in [0.25, 0.3) is 5.82 Å². The second kappa shape index (κ2) is 6.73. The Morgan fingerprint density at radius 1 is 1.22 bits per heavy atom. The number of hydrogen-bond acceptors (Lipinski definition) is 4. The molecule has 6 nitrogen and oxygen atoms in total. The van der Waals surface area contributed by atoms with Gasteiger partial charge in [-0.25, -0.2) is 4.68 Å². The first-order valence-electron chi connectivity index (χ1n) is 8.37. The standard InChI is InChI=1S/C18H17F3N4O2/c1-26-14-4-2-12(3-5-14)9-24-16-11-27-7-6-15(16)17(23-24)25-10-13(8-22-25)18(19,20)21/h2-5,8,10H,6-7,9,11H2,1H3. The maximum absolute atomic E-state index is 12.9. The van der Waals surface area contributed by atoms with E-state index in [1.54, 1.807) is 11.8 Å². The largest absolute Gasteiger partial charge is 0.497 e. The smallest absolute Gasteiger partial charge is 0.419 e. The highest BCUT2D eigenvalue weighted by Gasteiger charge is 2.33. The van der Waals surface area contributed by atoms with Crippen LogP contribution in [0.2, 0.25) is 0 Å². The highest BCUT2D eigenvalue weighted by molar-refractivity contribution is 5.40. The minimum Gasteiger partial charge on any atom is -0.497 e. The van der Waals surface area contributed by atoms with Crippen molar-refractivity contribution in [1.29, 1.82) is 0 Å². The lowest BCUT2D eigenvalue weighted by atomic mass is 10.1. The maximum Gasteiger partial charge on any atom is 0.419 e. The second-order valence-electron chi connectivity index (χ2n) is 6.23. The van der Waals surface area contributed by atoms with Crippen LogP contribution in [0.5, 0.6) is 5.75 Å². The fourth-order valence-corrected chi connectivity index (χ4v) is 3.08. The third-order valence-corrected chi connectivity index (χ3v) is 4.50. The van der Waals surface area contributed by atoms with Crippen molar-refractivity contribution >= 4 is 0 Å². The molecule has 0 amide bonds. The van der Waals surface area contributed by atoms with Crippen LogP contribution in [0.1, 0.15) is 22.4 Å². The molecule has 0 fully saturated rings. The quantitative estimate of drug-likeness (QED) is 0.700. The summed E-state index contributed by atoms with van der Waals surface area (Å²) in [6.45, 7) is 1.34. The molecule has 1 aromatic carbocycles. The molecule has 0 unspecified atom stereocenters. The maximum atomic E-state index is 12.9. The van der Waals surface area contributed by atoms with Gasteiger partial charge in [0, 0.05) is 18.2 Å². The molecule has 0 saturated heterocycles. The fourth-order valence-electron chi connectivity index (χ4n) is 3.08. The number of methoxy groups -OCH3 is 1. The Labute approximate surface area is 153 Å². The van der Waals surface area contributed by atoms with E-state index in [0.29, 0.717) is 32.0 Å². The molecule has 0 N–H and O–H groups in total. The highest BCUT2D eigenvalue weighted by atomic mass is 19.4. The van der Waals surface area contributed by atoms with E-state index in [2.05, 4.69) is 10.2 Å². The van der Waals surface area contributed by atoms with Gasteiger partial charge in [0.25, 0.3) is 0 Å². The summed E-state index contributed by atoms with van der Waals surface area (Å²) in [4.78, 5) is 0. The van der Waals surface area contributed by atoms with Gasteiger partial charge >= 0.3 is 6.18 Å². The molecule has 1 aliphatic rings. The Hall–Kier alpha value is -2.81. The first kappa shape index (κ1) is 17.6. The van der Waals surface area contributed by atoms with E-state index >= 15 is 0 Å². The van der Waals surface area contributed by atoms with Crippen molar-refractivity contribution in [3.05, 3.63) is 59.0 Å². The minimum atomic E-state index is -4.44. The van der Waals surface area contributed by atoms with Crippen LogP contribution < -0.4 is 4.74 Å². The molecular weight excluding hydrogens is 361 g/mol. The van der Waals surface area contributed by atoms with Gasteiger partial charge in [0.05, 0.1) is 44.3 Å². The Kier molecular flexibility index (Phi) is 4.39. The molecule has 27 heavy (non-hydrogen) atoms. The number of alkyl halides is 3. The summed E-state index contributed by atoms with van der Waals surface area (Å²) in [5.41, 5.74) is 1.92. The lowest BCUT2D eigenvalue weighted by Crippen LogP contribution is -2.14. The van der Waals surface area contributed by atoms with Crippen molar-refractivity contribution in [2.75, 3.05) is 13.7 Å². The van der Waals surface area contributed by atoms with Gasteiger partial charge in [-0.1, -0.05) is 12.1 Å². The summed E-state index contributed by atoms with van der Waals surface area (Å²) in [5, 5.41) is 8.40. The zero-order chi connectivity index (χ0) is 19.0. The van der Waals surface area contributed by atoms with Gasteiger partial charge in [-0.15, -0.1) is 0 Å². The van der Waals surface area contributed by atoms with E-state index in [4.69, 9.17) is 9.47 Å². The predicted octanol–water partition coefficient (Wildman–Crippen LogP) is 3.22. The first-order chi connectivity index (χ1) is 13.0. The molecule has 0 radical (unpaired) electrons. The average molecular weight is 378 g/mol. The van der Waals surface area contributed by atoms with Crippen molar-refractivity contribution in [3.63, 3.8) is 0 Å². The Morgan fingerprint density at radius 3 is 2.67 bits per heavy atom. The van der Waals surface area contributed by atoms with Gasteiger partial charge < -0.3 is 9.47 Å². The van der Waals surface area contributed by atoms with Crippen molar-refractivity contribution < 1.29 is 22.6 Å². The molecule has 0 spiro atoms. The number of aromatic nitrogens is 4.